The molecule has 3 rings (SSSR count). The SMILES string of the molecule is CCOc1cccc(CN2CCC3CCCCC3C2)c1O. The highest BCUT2D eigenvalue weighted by Crippen LogP contribution is 2.37. The van der Waals surface area contributed by atoms with Gasteiger partial charge in [-0.1, -0.05) is 31.4 Å². The molecule has 0 spiro atoms. The Morgan fingerprint density at radius 2 is 2.00 bits per heavy atom. The lowest BCUT2D eigenvalue weighted by Gasteiger charge is -2.41. The van der Waals surface area contributed by atoms with Crippen LogP contribution in [-0.2, 0) is 6.54 Å². The fourth-order valence-electron chi connectivity index (χ4n) is 4.03. The molecule has 2 fully saturated rings. The predicted octanol–water partition coefficient (Wildman–Crippen LogP) is 3.80. The minimum atomic E-state index is 0.324. The number of para-hydroxylation sites is 1. The zero-order chi connectivity index (χ0) is 14.7. The third kappa shape index (κ3) is 3.34. The summed E-state index contributed by atoms with van der Waals surface area (Å²) in [5.74, 6) is 2.77. The third-order valence-electron chi connectivity index (χ3n) is 5.15. The lowest BCUT2D eigenvalue weighted by molar-refractivity contribution is 0.0814. The first-order valence-corrected chi connectivity index (χ1v) is 8.44. The van der Waals surface area contributed by atoms with Gasteiger partial charge in [0.1, 0.15) is 0 Å². The van der Waals surface area contributed by atoms with Crippen LogP contribution in [0.4, 0.5) is 0 Å². The molecule has 1 saturated heterocycles. The average Bonchev–Trinajstić information content (AvgIpc) is 2.51. The van der Waals surface area contributed by atoms with E-state index in [0.29, 0.717) is 18.1 Å². The number of phenolic OH excluding ortho intramolecular Hbond substituents is 1. The van der Waals surface area contributed by atoms with Crippen LogP contribution >= 0.6 is 0 Å². The van der Waals surface area contributed by atoms with Crippen LogP contribution in [0.1, 0.15) is 44.6 Å². The van der Waals surface area contributed by atoms with E-state index in [-0.39, 0.29) is 0 Å². The fourth-order valence-corrected chi connectivity index (χ4v) is 4.03. The van der Waals surface area contributed by atoms with Crippen molar-refractivity contribution in [2.24, 2.45) is 11.8 Å². The number of hydrogen-bond acceptors (Lipinski definition) is 3. The van der Waals surface area contributed by atoms with E-state index < -0.39 is 0 Å². The van der Waals surface area contributed by atoms with Gasteiger partial charge >= 0.3 is 0 Å². The summed E-state index contributed by atoms with van der Waals surface area (Å²) >= 11 is 0. The van der Waals surface area contributed by atoms with E-state index >= 15 is 0 Å². The molecule has 116 valence electrons. The number of nitrogens with zero attached hydrogens (tertiary/aromatic N) is 1. The van der Waals surface area contributed by atoms with E-state index in [9.17, 15) is 5.11 Å². The van der Waals surface area contributed by atoms with Crippen molar-refractivity contribution < 1.29 is 9.84 Å². The van der Waals surface area contributed by atoms with Gasteiger partial charge in [0.2, 0.25) is 0 Å². The number of fused-ring (bicyclic) bond motifs is 1. The van der Waals surface area contributed by atoms with Crippen molar-refractivity contribution in [1.29, 1.82) is 0 Å². The summed E-state index contributed by atoms with van der Waals surface area (Å²) in [6.07, 6.45) is 6.99. The smallest absolute Gasteiger partial charge is 0.162 e. The van der Waals surface area contributed by atoms with Crippen molar-refractivity contribution in [3.63, 3.8) is 0 Å². The second-order valence-corrected chi connectivity index (χ2v) is 6.53. The third-order valence-corrected chi connectivity index (χ3v) is 5.15. The van der Waals surface area contributed by atoms with Crippen molar-refractivity contribution in [2.45, 2.75) is 45.6 Å². The van der Waals surface area contributed by atoms with Crippen molar-refractivity contribution in [1.82, 2.24) is 4.90 Å². The second-order valence-electron chi connectivity index (χ2n) is 6.53. The van der Waals surface area contributed by atoms with Gasteiger partial charge in [0, 0.05) is 18.7 Å². The summed E-state index contributed by atoms with van der Waals surface area (Å²) in [7, 11) is 0. The molecular weight excluding hydrogens is 262 g/mol. The fraction of sp³-hybridized carbons (Fsp3) is 0.667. The number of likely N-dealkylation sites (tertiary alicyclic amines) is 1. The Kier molecular flexibility index (Phi) is 4.69. The molecule has 0 bridgehead atoms. The maximum atomic E-state index is 10.3. The first-order valence-electron chi connectivity index (χ1n) is 8.44. The molecular formula is C18H27NO2. The summed E-state index contributed by atoms with van der Waals surface area (Å²) in [6.45, 7) is 5.74. The van der Waals surface area contributed by atoms with Gasteiger partial charge in [-0.05, 0) is 44.2 Å². The van der Waals surface area contributed by atoms with E-state index in [0.717, 1.165) is 23.9 Å². The lowest BCUT2D eigenvalue weighted by Crippen LogP contribution is -2.41. The number of aromatic hydroxyl groups is 1. The molecule has 0 aromatic heterocycles. The van der Waals surface area contributed by atoms with Crippen LogP contribution in [0.15, 0.2) is 18.2 Å². The molecule has 2 atom stereocenters. The highest BCUT2D eigenvalue weighted by molar-refractivity contribution is 5.45. The largest absolute Gasteiger partial charge is 0.504 e. The molecule has 0 radical (unpaired) electrons. The molecule has 1 N–H and O–H groups in total. The van der Waals surface area contributed by atoms with Crippen LogP contribution in [0.2, 0.25) is 0 Å². The Morgan fingerprint density at radius 3 is 2.81 bits per heavy atom. The standard InChI is InChI=1S/C18H27NO2/c1-2-21-17-9-5-8-16(18(17)20)13-19-11-10-14-6-3-4-7-15(14)12-19/h5,8-9,14-15,20H,2-4,6-7,10-13H2,1H3. The van der Waals surface area contributed by atoms with Gasteiger partial charge in [-0.2, -0.15) is 0 Å². The summed E-state index contributed by atoms with van der Waals surface area (Å²) in [4.78, 5) is 2.51. The molecule has 3 nitrogen and oxygen atoms in total. The number of rotatable bonds is 4. The van der Waals surface area contributed by atoms with Crippen molar-refractivity contribution in [3.8, 4) is 11.5 Å². The molecule has 1 aliphatic carbocycles. The van der Waals surface area contributed by atoms with Gasteiger partial charge in [0.15, 0.2) is 11.5 Å². The molecule has 2 unspecified atom stereocenters. The number of hydrogen-bond donors (Lipinski definition) is 1. The Bertz CT molecular complexity index is 474. The van der Waals surface area contributed by atoms with Crippen molar-refractivity contribution in [2.75, 3.05) is 19.7 Å². The zero-order valence-corrected chi connectivity index (χ0v) is 13.1. The molecule has 0 amide bonds. The summed E-state index contributed by atoms with van der Waals surface area (Å²) in [6, 6.07) is 5.84. The van der Waals surface area contributed by atoms with E-state index in [1.165, 1.54) is 45.2 Å². The molecule has 1 aliphatic heterocycles. The van der Waals surface area contributed by atoms with Gasteiger partial charge in [0.25, 0.3) is 0 Å². The average molecular weight is 289 g/mol. The predicted molar refractivity (Wildman–Crippen MR) is 84.6 cm³/mol. The molecule has 1 heterocycles. The van der Waals surface area contributed by atoms with E-state index in [1.54, 1.807) is 0 Å². The Labute approximate surface area is 127 Å². The maximum absolute atomic E-state index is 10.3. The van der Waals surface area contributed by atoms with Gasteiger partial charge in [-0.3, -0.25) is 4.90 Å². The van der Waals surface area contributed by atoms with Crippen LogP contribution < -0.4 is 4.74 Å². The van der Waals surface area contributed by atoms with Crippen LogP contribution in [0.25, 0.3) is 0 Å². The van der Waals surface area contributed by atoms with Crippen molar-refractivity contribution in [3.05, 3.63) is 23.8 Å². The molecule has 21 heavy (non-hydrogen) atoms. The number of ether oxygens (including phenoxy) is 1. The van der Waals surface area contributed by atoms with Gasteiger partial charge < -0.3 is 9.84 Å². The minimum absolute atomic E-state index is 0.324. The topological polar surface area (TPSA) is 32.7 Å². The van der Waals surface area contributed by atoms with E-state index in [1.807, 2.05) is 25.1 Å². The molecule has 1 aromatic carbocycles. The monoisotopic (exact) mass is 289 g/mol. The molecule has 2 aliphatic rings. The summed E-state index contributed by atoms with van der Waals surface area (Å²) < 4.78 is 5.48. The number of phenols is 1. The van der Waals surface area contributed by atoms with Gasteiger partial charge in [-0.25, -0.2) is 0 Å². The van der Waals surface area contributed by atoms with Crippen LogP contribution in [0.3, 0.4) is 0 Å². The van der Waals surface area contributed by atoms with E-state index in [4.69, 9.17) is 4.74 Å². The first kappa shape index (κ1) is 14.7. The number of benzene rings is 1. The molecule has 3 heteroatoms. The Morgan fingerprint density at radius 1 is 1.19 bits per heavy atom. The maximum Gasteiger partial charge on any atom is 0.162 e. The van der Waals surface area contributed by atoms with E-state index in [2.05, 4.69) is 4.90 Å². The number of piperidine rings is 1. The van der Waals surface area contributed by atoms with Crippen LogP contribution in [-0.4, -0.2) is 29.7 Å². The highest BCUT2D eigenvalue weighted by Gasteiger charge is 2.31. The second kappa shape index (κ2) is 6.69. The molecule has 1 aromatic rings. The minimum Gasteiger partial charge on any atom is -0.504 e. The van der Waals surface area contributed by atoms with Crippen LogP contribution in [0, 0.1) is 11.8 Å². The van der Waals surface area contributed by atoms with Gasteiger partial charge in [0.05, 0.1) is 6.61 Å². The lowest BCUT2D eigenvalue weighted by atomic mass is 9.75. The molecule has 1 saturated carbocycles. The Balaban J connectivity index is 1.65. The summed E-state index contributed by atoms with van der Waals surface area (Å²) in [5.41, 5.74) is 0.996. The van der Waals surface area contributed by atoms with Gasteiger partial charge in [-0.15, -0.1) is 0 Å². The normalized spacial score (nSPS) is 26.3. The van der Waals surface area contributed by atoms with Crippen molar-refractivity contribution >= 4 is 0 Å². The quantitative estimate of drug-likeness (QED) is 0.915. The first-order chi connectivity index (χ1) is 10.3. The van der Waals surface area contributed by atoms with Crippen LogP contribution in [0.5, 0.6) is 11.5 Å². The Hall–Kier alpha value is -1.22. The summed E-state index contributed by atoms with van der Waals surface area (Å²) in [5, 5.41) is 10.3. The zero-order valence-electron chi connectivity index (χ0n) is 13.1. The highest BCUT2D eigenvalue weighted by atomic mass is 16.5.